The van der Waals surface area contributed by atoms with E-state index in [1.54, 1.807) is 38.1 Å². The first kappa shape index (κ1) is 21.1. The summed E-state index contributed by atoms with van der Waals surface area (Å²) >= 11 is 1.31. The molecular formula is C20H18N4O5S. The third-order valence-electron chi connectivity index (χ3n) is 3.97. The van der Waals surface area contributed by atoms with E-state index in [2.05, 4.69) is 15.8 Å². The van der Waals surface area contributed by atoms with E-state index in [9.17, 15) is 19.7 Å². The summed E-state index contributed by atoms with van der Waals surface area (Å²) in [5.74, 6) is 0.244. The van der Waals surface area contributed by atoms with Crippen molar-refractivity contribution in [1.82, 2.24) is 5.16 Å². The quantitative estimate of drug-likeness (QED) is 0.328. The maximum absolute atomic E-state index is 12.4. The molecular weight excluding hydrogens is 408 g/mol. The van der Waals surface area contributed by atoms with Crippen LogP contribution in [0.15, 0.2) is 64.0 Å². The average molecular weight is 426 g/mol. The van der Waals surface area contributed by atoms with Gasteiger partial charge in [0.25, 0.3) is 11.6 Å². The fourth-order valence-electron chi connectivity index (χ4n) is 2.52. The van der Waals surface area contributed by atoms with Gasteiger partial charge >= 0.3 is 0 Å². The molecule has 2 aromatic carbocycles. The predicted molar refractivity (Wildman–Crippen MR) is 113 cm³/mol. The first-order chi connectivity index (χ1) is 14.3. The van der Waals surface area contributed by atoms with Crippen LogP contribution in [0.25, 0.3) is 0 Å². The molecule has 0 aliphatic carbocycles. The van der Waals surface area contributed by atoms with E-state index in [4.69, 9.17) is 4.52 Å². The Morgan fingerprint density at radius 2 is 1.90 bits per heavy atom. The minimum absolute atomic E-state index is 0.158. The van der Waals surface area contributed by atoms with Crippen molar-refractivity contribution in [2.75, 3.05) is 10.6 Å². The minimum atomic E-state index is -0.555. The molecule has 0 spiro atoms. The fourth-order valence-corrected chi connectivity index (χ4v) is 3.45. The molecule has 3 aromatic rings. The van der Waals surface area contributed by atoms with Gasteiger partial charge in [-0.1, -0.05) is 17.3 Å². The van der Waals surface area contributed by atoms with Crippen LogP contribution in [0, 0.1) is 17.0 Å². The summed E-state index contributed by atoms with van der Waals surface area (Å²) in [5.41, 5.74) is 0.531. The van der Waals surface area contributed by atoms with Crippen molar-refractivity contribution in [3.63, 3.8) is 0 Å². The summed E-state index contributed by atoms with van der Waals surface area (Å²) in [6, 6.07) is 14.1. The van der Waals surface area contributed by atoms with Crippen LogP contribution in [0.3, 0.4) is 0 Å². The molecule has 2 amide bonds. The molecule has 0 saturated carbocycles. The number of aryl methyl sites for hydroxylation is 1. The molecule has 2 N–H and O–H groups in total. The molecule has 1 unspecified atom stereocenters. The Morgan fingerprint density at radius 3 is 2.60 bits per heavy atom. The van der Waals surface area contributed by atoms with Crippen LogP contribution in [0.5, 0.6) is 0 Å². The lowest BCUT2D eigenvalue weighted by atomic mass is 10.2. The zero-order chi connectivity index (χ0) is 21.7. The SMILES string of the molecule is Cc1cc(NC(=O)C(C)Sc2cccc(NC(=O)c3cccc([N+](=O)[O-])c3)c2)no1. The number of anilines is 2. The van der Waals surface area contributed by atoms with Gasteiger partial charge in [0.05, 0.1) is 10.2 Å². The van der Waals surface area contributed by atoms with E-state index < -0.39 is 16.1 Å². The van der Waals surface area contributed by atoms with E-state index in [0.29, 0.717) is 17.3 Å². The normalized spacial score (nSPS) is 11.5. The molecule has 0 fully saturated rings. The van der Waals surface area contributed by atoms with E-state index in [-0.39, 0.29) is 17.2 Å². The lowest BCUT2D eigenvalue weighted by molar-refractivity contribution is -0.384. The Labute approximate surface area is 176 Å². The van der Waals surface area contributed by atoms with E-state index in [1.165, 1.54) is 36.0 Å². The summed E-state index contributed by atoms with van der Waals surface area (Å²) in [7, 11) is 0. The average Bonchev–Trinajstić information content (AvgIpc) is 3.12. The Kier molecular flexibility index (Phi) is 6.48. The number of nitrogens with one attached hydrogen (secondary N) is 2. The van der Waals surface area contributed by atoms with Crippen LogP contribution in [-0.4, -0.2) is 27.1 Å². The number of hydrogen-bond donors (Lipinski definition) is 2. The molecule has 1 atom stereocenters. The van der Waals surface area contributed by atoms with Crippen molar-refractivity contribution in [2.24, 2.45) is 0 Å². The summed E-state index contributed by atoms with van der Waals surface area (Å²) in [5, 5.41) is 19.6. The second-order valence-electron chi connectivity index (χ2n) is 6.36. The highest BCUT2D eigenvalue weighted by molar-refractivity contribution is 8.00. The molecule has 10 heteroatoms. The number of carbonyl (C=O) groups is 2. The number of hydrogen-bond acceptors (Lipinski definition) is 7. The molecule has 3 rings (SSSR count). The van der Waals surface area contributed by atoms with E-state index >= 15 is 0 Å². The summed E-state index contributed by atoms with van der Waals surface area (Å²) in [6.45, 7) is 3.48. The monoisotopic (exact) mass is 426 g/mol. The second-order valence-corrected chi connectivity index (χ2v) is 7.78. The number of nitrogens with zero attached hydrogens (tertiary/aromatic N) is 2. The lowest BCUT2D eigenvalue weighted by Crippen LogP contribution is -2.22. The van der Waals surface area contributed by atoms with Crippen molar-refractivity contribution >= 4 is 40.8 Å². The Morgan fingerprint density at radius 1 is 1.13 bits per heavy atom. The molecule has 0 radical (unpaired) electrons. The fraction of sp³-hybridized carbons (Fsp3) is 0.150. The Hall–Kier alpha value is -3.66. The summed E-state index contributed by atoms with van der Waals surface area (Å²) < 4.78 is 4.92. The van der Waals surface area contributed by atoms with Crippen LogP contribution in [0.2, 0.25) is 0 Å². The smallest absolute Gasteiger partial charge is 0.270 e. The molecule has 1 heterocycles. The zero-order valence-corrected chi connectivity index (χ0v) is 16.9. The summed E-state index contributed by atoms with van der Waals surface area (Å²) in [4.78, 5) is 35.8. The van der Waals surface area contributed by atoms with Crippen LogP contribution in [0.4, 0.5) is 17.2 Å². The van der Waals surface area contributed by atoms with Gasteiger partial charge in [-0.3, -0.25) is 19.7 Å². The third-order valence-corrected chi connectivity index (χ3v) is 5.07. The Bertz CT molecular complexity index is 1100. The van der Waals surface area contributed by atoms with Gasteiger partial charge in [0.1, 0.15) is 5.76 Å². The van der Waals surface area contributed by atoms with Crippen LogP contribution >= 0.6 is 11.8 Å². The topological polar surface area (TPSA) is 127 Å². The zero-order valence-electron chi connectivity index (χ0n) is 16.1. The number of amides is 2. The number of thioether (sulfide) groups is 1. The number of non-ortho nitro benzene ring substituents is 1. The van der Waals surface area contributed by atoms with Crippen LogP contribution in [0.1, 0.15) is 23.0 Å². The molecule has 0 saturated heterocycles. The van der Waals surface area contributed by atoms with Crippen molar-refractivity contribution in [3.05, 3.63) is 76.0 Å². The molecule has 0 aliphatic heterocycles. The predicted octanol–water partition coefficient (Wildman–Crippen LogP) is 4.26. The maximum atomic E-state index is 12.4. The molecule has 30 heavy (non-hydrogen) atoms. The van der Waals surface area contributed by atoms with Crippen molar-refractivity contribution < 1.29 is 19.0 Å². The number of nitro benzene ring substituents is 1. The first-order valence-electron chi connectivity index (χ1n) is 8.88. The highest BCUT2D eigenvalue weighted by atomic mass is 32.2. The van der Waals surface area contributed by atoms with E-state index in [0.717, 1.165) is 4.90 Å². The maximum Gasteiger partial charge on any atom is 0.270 e. The molecule has 9 nitrogen and oxygen atoms in total. The van der Waals surface area contributed by atoms with Gasteiger partial charge < -0.3 is 15.2 Å². The van der Waals surface area contributed by atoms with Crippen LogP contribution in [-0.2, 0) is 4.79 Å². The van der Waals surface area contributed by atoms with Gasteiger partial charge in [-0.15, -0.1) is 11.8 Å². The van der Waals surface area contributed by atoms with Crippen LogP contribution < -0.4 is 10.6 Å². The largest absolute Gasteiger partial charge is 0.360 e. The minimum Gasteiger partial charge on any atom is -0.360 e. The highest BCUT2D eigenvalue weighted by Crippen LogP contribution is 2.27. The molecule has 1 aromatic heterocycles. The standard InChI is InChI=1S/C20H18N4O5S/c1-12-9-18(23-29-12)22-19(25)13(2)30-17-8-4-6-15(11-17)21-20(26)14-5-3-7-16(10-14)24(27)28/h3-11,13H,1-2H3,(H,21,26)(H,22,23,25). The number of benzene rings is 2. The number of carbonyl (C=O) groups excluding carboxylic acids is 2. The van der Waals surface area contributed by atoms with Gasteiger partial charge in [0, 0.05) is 34.3 Å². The van der Waals surface area contributed by atoms with Gasteiger partial charge in [-0.25, -0.2) is 0 Å². The van der Waals surface area contributed by atoms with E-state index in [1.807, 2.05) is 6.07 Å². The third kappa shape index (κ3) is 5.45. The number of nitro groups is 1. The van der Waals surface area contributed by atoms with Gasteiger partial charge in [0.2, 0.25) is 5.91 Å². The van der Waals surface area contributed by atoms with Crippen molar-refractivity contribution in [2.45, 2.75) is 24.0 Å². The van der Waals surface area contributed by atoms with Crippen molar-refractivity contribution in [1.29, 1.82) is 0 Å². The molecule has 0 bridgehead atoms. The second kappa shape index (κ2) is 9.23. The number of aromatic nitrogens is 1. The Balaban J connectivity index is 1.64. The highest BCUT2D eigenvalue weighted by Gasteiger charge is 2.17. The van der Waals surface area contributed by atoms with Crippen molar-refractivity contribution in [3.8, 4) is 0 Å². The first-order valence-corrected chi connectivity index (χ1v) is 9.76. The summed E-state index contributed by atoms with van der Waals surface area (Å²) in [6.07, 6.45) is 0. The van der Waals surface area contributed by atoms with Gasteiger partial charge in [-0.05, 0) is 38.1 Å². The van der Waals surface area contributed by atoms with Gasteiger partial charge in [0.15, 0.2) is 5.82 Å². The van der Waals surface area contributed by atoms with Gasteiger partial charge in [-0.2, -0.15) is 0 Å². The number of rotatable bonds is 7. The molecule has 154 valence electrons. The molecule has 0 aliphatic rings. The lowest BCUT2D eigenvalue weighted by Gasteiger charge is -2.12.